The maximum Gasteiger partial charge on any atom is 0.419 e. The van der Waals surface area contributed by atoms with Gasteiger partial charge in [-0.05, 0) is 46.3 Å². The Bertz CT molecular complexity index is 685. The van der Waals surface area contributed by atoms with Crippen molar-refractivity contribution < 1.29 is 22.4 Å². The van der Waals surface area contributed by atoms with Gasteiger partial charge in [0.05, 0.1) is 11.3 Å². The molecule has 0 unspecified atom stereocenters. The third-order valence-corrected chi connectivity index (χ3v) is 3.35. The minimum atomic E-state index is -4.85. The molecule has 0 radical (unpaired) electrons. The molecule has 110 valence electrons. The van der Waals surface area contributed by atoms with Crippen LogP contribution in [0.3, 0.4) is 0 Å². The van der Waals surface area contributed by atoms with E-state index < -0.39 is 23.5 Å². The van der Waals surface area contributed by atoms with E-state index in [1.54, 1.807) is 24.3 Å². The van der Waals surface area contributed by atoms with Crippen molar-refractivity contribution in [2.75, 3.05) is 5.32 Å². The molecule has 0 aliphatic carbocycles. The largest absolute Gasteiger partial charge is 0.419 e. The van der Waals surface area contributed by atoms with E-state index in [4.69, 9.17) is 0 Å². The monoisotopic (exact) mass is 361 g/mol. The van der Waals surface area contributed by atoms with Crippen molar-refractivity contribution in [1.82, 2.24) is 0 Å². The van der Waals surface area contributed by atoms with Crippen LogP contribution in [-0.2, 0) is 6.18 Å². The highest BCUT2D eigenvalue weighted by atomic mass is 79.9. The minimum Gasteiger partial charge on any atom is -0.321 e. The van der Waals surface area contributed by atoms with E-state index in [1.807, 2.05) is 0 Å². The van der Waals surface area contributed by atoms with Crippen molar-refractivity contribution in [3.63, 3.8) is 0 Å². The number of nitrogens with one attached hydrogen (secondary N) is 1. The molecule has 0 atom stereocenters. The van der Waals surface area contributed by atoms with Gasteiger partial charge in [0.2, 0.25) is 0 Å². The van der Waals surface area contributed by atoms with Crippen LogP contribution in [0.5, 0.6) is 0 Å². The molecule has 0 aliphatic heterocycles. The second kappa shape index (κ2) is 5.85. The van der Waals surface area contributed by atoms with E-state index in [0.717, 1.165) is 6.07 Å². The topological polar surface area (TPSA) is 29.1 Å². The molecule has 0 bridgehead atoms. The second-order valence-electron chi connectivity index (χ2n) is 4.13. The Morgan fingerprint density at radius 1 is 1.10 bits per heavy atom. The lowest BCUT2D eigenvalue weighted by molar-refractivity contribution is -0.140. The summed E-state index contributed by atoms with van der Waals surface area (Å²) in [5.74, 6) is -2.17. The van der Waals surface area contributed by atoms with Gasteiger partial charge in [0.25, 0.3) is 5.91 Å². The Balaban J connectivity index is 2.31. The van der Waals surface area contributed by atoms with E-state index in [9.17, 15) is 22.4 Å². The standard InChI is InChI=1S/C14H8BrF4NO/c15-10-3-1-2-4-12(10)20-13(21)8-5-6-11(16)9(7-8)14(17,18)19/h1-7H,(H,20,21). The van der Waals surface area contributed by atoms with E-state index in [0.29, 0.717) is 22.3 Å². The minimum absolute atomic E-state index is 0.278. The number of anilines is 1. The number of carbonyl (C=O) groups is 1. The SMILES string of the molecule is O=C(Nc1ccccc1Br)c1ccc(F)c(C(F)(F)F)c1. The summed E-state index contributed by atoms with van der Waals surface area (Å²) in [6.45, 7) is 0. The Hall–Kier alpha value is -1.89. The number of benzene rings is 2. The fraction of sp³-hybridized carbons (Fsp3) is 0.0714. The molecule has 0 aromatic heterocycles. The molecule has 1 amide bonds. The smallest absolute Gasteiger partial charge is 0.321 e. The number of hydrogen-bond donors (Lipinski definition) is 1. The number of rotatable bonds is 2. The lowest BCUT2D eigenvalue weighted by Gasteiger charge is -2.11. The number of carbonyl (C=O) groups excluding carboxylic acids is 1. The first kappa shape index (κ1) is 15.5. The molecule has 0 aliphatic rings. The number of hydrogen-bond acceptors (Lipinski definition) is 1. The van der Waals surface area contributed by atoms with Crippen molar-refractivity contribution >= 4 is 27.5 Å². The predicted molar refractivity (Wildman–Crippen MR) is 73.5 cm³/mol. The van der Waals surface area contributed by atoms with Gasteiger partial charge >= 0.3 is 6.18 Å². The van der Waals surface area contributed by atoms with Crippen LogP contribution in [0.15, 0.2) is 46.9 Å². The highest BCUT2D eigenvalue weighted by Gasteiger charge is 2.34. The molecular formula is C14H8BrF4NO. The van der Waals surface area contributed by atoms with Crippen LogP contribution >= 0.6 is 15.9 Å². The van der Waals surface area contributed by atoms with Gasteiger partial charge in [0.1, 0.15) is 5.82 Å². The predicted octanol–water partition coefficient (Wildman–Crippen LogP) is 4.86. The number of halogens is 5. The molecule has 0 saturated carbocycles. The average Bonchev–Trinajstić information content (AvgIpc) is 2.40. The zero-order chi connectivity index (χ0) is 15.6. The van der Waals surface area contributed by atoms with Crippen LogP contribution in [0.4, 0.5) is 23.2 Å². The van der Waals surface area contributed by atoms with E-state index in [1.165, 1.54) is 0 Å². The normalized spacial score (nSPS) is 11.3. The molecule has 0 heterocycles. The zero-order valence-electron chi connectivity index (χ0n) is 10.3. The molecule has 1 N–H and O–H groups in total. The summed E-state index contributed by atoms with van der Waals surface area (Å²) in [5.41, 5.74) is -1.35. The van der Waals surface area contributed by atoms with Gasteiger partial charge in [-0.2, -0.15) is 13.2 Å². The fourth-order valence-corrected chi connectivity index (χ4v) is 2.02. The van der Waals surface area contributed by atoms with Gasteiger partial charge in [0, 0.05) is 10.0 Å². The van der Waals surface area contributed by atoms with Crippen molar-refractivity contribution in [1.29, 1.82) is 0 Å². The average molecular weight is 362 g/mol. The lowest BCUT2D eigenvalue weighted by Crippen LogP contribution is -2.15. The summed E-state index contributed by atoms with van der Waals surface area (Å²) in [6, 6.07) is 8.74. The molecule has 7 heteroatoms. The van der Waals surface area contributed by atoms with Gasteiger partial charge in [-0.3, -0.25) is 4.79 Å². The summed E-state index contributed by atoms with van der Waals surface area (Å²) >= 11 is 3.20. The first-order valence-corrected chi connectivity index (χ1v) is 6.51. The number of para-hydroxylation sites is 1. The highest BCUT2D eigenvalue weighted by Crippen LogP contribution is 2.32. The van der Waals surface area contributed by atoms with Crippen LogP contribution < -0.4 is 5.32 Å². The summed E-state index contributed by atoms with van der Waals surface area (Å²) in [6.07, 6.45) is -4.85. The Morgan fingerprint density at radius 3 is 2.38 bits per heavy atom. The first-order chi connectivity index (χ1) is 9.79. The maximum absolute atomic E-state index is 13.2. The lowest BCUT2D eigenvalue weighted by atomic mass is 10.1. The molecule has 0 spiro atoms. The first-order valence-electron chi connectivity index (χ1n) is 5.71. The molecule has 2 rings (SSSR count). The molecule has 0 saturated heterocycles. The zero-order valence-corrected chi connectivity index (χ0v) is 11.9. The summed E-state index contributed by atoms with van der Waals surface area (Å²) in [4.78, 5) is 11.9. The summed E-state index contributed by atoms with van der Waals surface area (Å²) in [7, 11) is 0. The Morgan fingerprint density at radius 2 is 1.76 bits per heavy atom. The molecule has 21 heavy (non-hydrogen) atoms. The second-order valence-corrected chi connectivity index (χ2v) is 4.98. The molecule has 2 nitrogen and oxygen atoms in total. The van der Waals surface area contributed by atoms with Crippen LogP contribution in [0, 0.1) is 5.82 Å². The van der Waals surface area contributed by atoms with Gasteiger partial charge in [-0.1, -0.05) is 12.1 Å². The fourth-order valence-electron chi connectivity index (χ4n) is 1.64. The van der Waals surface area contributed by atoms with E-state index in [-0.39, 0.29) is 5.56 Å². The van der Waals surface area contributed by atoms with Gasteiger partial charge in [0.15, 0.2) is 0 Å². The summed E-state index contributed by atoms with van der Waals surface area (Å²) < 4.78 is 51.6. The maximum atomic E-state index is 13.2. The van der Waals surface area contributed by atoms with Crippen molar-refractivity contribution in [3.05, 3.63) is 63.9 Å². The summed E-state index contributed by atoms with van der Waals surface area (Å²) in [5, 5.41) is 2.45. The number of alkyl halides is 3. The van der Waals surface area contributed by atoms with Gasteiger partial charge in [-0.15, -0.1) is 0 Å². The van der Waals surface area contributed by atoms with Crippen LogP contribution in [0.1, 0.15) is 15.9 Å². The third kappa shape index (κ3) is 3.60. The molecular weight excluding hydrogens is 354 g/mol. The van der Waals surface area contributed by atoms with Gasteiger partial charge < -0.3 is 5.32 Å². The van der Waals surface area contributed by atoms with Crippen molar-refractivity contribution in [2.24, 2.45) is 0 Å². The van der Waals surface area contributed by atoms with Crippen molar-refractivity contribution in [2.45, 2.75) is 6.18 Å². The molecule has 2 aromatic rings. The third-order valence-electron chi connectivity index (χ3n) is 2.66. The Kier molecular flexibility index (Phi) is 4.32. The van der Waals surface area contributed by atoms with Gasteiger partial charge in [-0.25, -0.2) is 4.39 Å². The van der Waals surface area contributed by atoms with E-state index >= 15 is 0 Å². The molecule has 2 aromatic carbocycles. The van der Waals surface area contributed by atoms with Crippen LogP contribution in [0.25, 0.3) is 0 Å². The Labute approximate surface area is 125 Å². The highest BCUT2D eigenvalue weighted by molar-refractivity contribution is 9.10. The molecule has 0 fully saturated rings. The van der Waals surface area contributed by atoms with Crippen LogP contribution in [-0.4, -0.2) is 5.91 Å². The van der Waals surface area contributed by atoms with E-state index in [2.05, 4.69) is 21.2 Å². The number of amides is 1. The van der Waals surface area contributed by atoms with Crippen LogP contribution in [0.2, 0.25) is 0 Å². The quantitative estimate of drug-likeness (QED) is 0.760. The van der Waals surface area contributed by atoms with Crippen molar-refractivity contribution in [3.8, 4) is 0 Å².